The largest absolute Gasteiger partial charge is 0.384 e. The lowest BCUT2D eigenvalue weighted by molar-refractivity contribution is 0.220. The molecule has 0 saturated carbocycles. The van der Waals surface area contributed by atoms with Crippen LogP contribution in [0.3, 0.4) is 0 Å². The van der Waals surface area contributed by atoms with Crippen molar-refractivity contribution < 1.29 is 9.50 Å². The molecule has 0 saturated heterocycles. The predicted octanol–water partition coefficient (Wildman–Crippen LogP) is 5.25. The van der Waals surface area contributed by atoms with Gasteiger partial charge in [0.1, 0.15) is 11.9 Å². The fourth-order valence-corrected chi connectivity index (χ4v) is 2.46. The Kier molecular flexibility index (Phi) is 4.70. The highest BCUT2D eigenvalue weighted by atomic mass is 35.5. The zero-order chi connectivity index (χ0) is 15.6. The highest BCUT2D eigenvalue weighted by Gasteiger charge is 2.20. The second-order valence-electron chi connectivity index (χ2n) is 5.91. The van der Waals surface area contributed by atoms with Gasteiger partial charge in [0.05, 0.1) is 5.02 Å². The molecular weight excluding hydrogens is 287 g/mol. The fourth-order valence-electron chi connectivity index (χ4n) is 2.23. The van der Waals surface area contributed by atoms with E-state index in [2.05, 4.69) is 20.8 Å². The molecule has 2 rings (SSSR count). The second kappa shape index (κ2) is 6.17. The molecule has 0 fully saturated rings. The summed E-state index contributed by atoms with van der Waals surface area (Å²) in [7, 11) is 0. The average Bonchev–Trinajstić information content (AvgIpc) is 2.49. The molecule has 0 bridgehead atoms. The monoisotopic (exact) mass is 306 g/mol. The van der Waals surface area contributed by atoms with Gasteiger partial charge >= 0.3 is 0 Å². The number of rotatable bonds is 4. The summed E-state index contributed by atoms with van der Waals surface area (Å²) in [5, 5.41) is 10.4. The maximum atomic E-state index is 13.5. The molecular formula is C18H20ClFO. The molecule has 0 aliphatic heterocycles. The summed E-state index contributed by atoms with van der Waals surface area (Å²) in [5.41, 5.74) is 2.41. The first kappa shape index (κ1) is 16.0. The van der Waals surface area contributed by atoms with E-state index in [1.807, 2.05) is 24.3 Å². The minimum absolute atomic E-state index is 0.0250. The van der Waals surface area contributed by atoms with Crippen molar-refractivity contribution >= 4 is 11.6 Å². The number of hydrogen-bond donors (Lipinski definition) is 1. The summed E-state index contributed by atoms with van der Waals surface area (Å²) in [6.07, 6.45) is 0.108. The van der Waals surface area contributed by atoms with Crippen LogP contribution in [0.2, 0.25) is 5.02 Å². The maximum Gasteiger partial charge on any atom is 0.142 e. The number of aliphatic hydroxyl groups excluding tert-OH is 1. The first-order valence-corrected chi connectivity index (χ1v) is 7.47. The van der Waals surface area contributed by atoms with Crippen molar-refractivity contribution in [2.45, 2.75) is 38.7 Å². The molecule has 0 radical (unpaired) electrons. The van der Waals surface area contributed by atoms with E-state index in [0.29, 0.717) is 11.1 Å². The van der Waals surface area contributed by atoms with Crippen LogP contribution < -0.4 is 0 Å². The van der Waals surface area contributed by atoms with Crippen molar-refractivity contribution in [3.63, 3.8) is 0 Å². The van der Waals surface area contributed by atoms with Gasteiger partial charge < -0.3 is 5.11 Å². The molecule has 1 unspecified atom stereocenters. The van der Waals surface area contributed by atoms with E-state index in [0.717, 1.165) is 6.42 Å². The summed E-state index contributed by atoms with van der Waals surface area (Å²) >= 11 is 5.93. The van der Waals surface area contributed by atoms with Gasteiger partial charge in [0.2, 0.25) is 0 Å². The zero-order valence-corrected chi connectivity index (χ0v) is 13.3. The van der Waals surface area contributed by atoms with Crippen LogP contribution >= 0.6 is 11.6 Å². The maximum absolute atomic E-state index is 13.5. The average molecular weight is 307 g/mol. The highest BCUT2D eigenvalue weighted by Crippen LogP contribution is 2.32. The molecule has 112 valence electrons. The Morgan fingerprint density at radius 2 is 1.76 bits per heavy atom. The first-order valence-electron chi connectivity index (χ1n) is 7.09. The molecule has 2 aromatic rings. The van der Waals surface area contributed by atoms with E-state index in [9.17, 15) is 9.50 Å². The molecule has 1 nitrogen and oxygen atoms in total. The number of aliphatic hydroxyl groups is 1. The Morgan fingerprint density at radius 1 is 1.14 bits per heavy atom. The van der Waals surface area contributed by atoms with Crippen LogP contribution in [0.5, 0.6) is 0 Å². The standard InChI is InChI=1S/C18H20ClFO/c1-4-18(2,3)13-10-8-12(9-11-13)17(21)14-6-5-7-15(20)16(14)19/h5-11,17,21H,4H2,1-3H3. The van der Waals surface area contributed by atoms with Gasteiger partial charge in [0.15, 0.2) is 0 Å². The number of halogens is 2. The molecule has 0 aromatic heterocycles. The smallest absolute Gasteiger partial charge is 0.142 e. The third kappa shape index (κ3) is 3.28. The van der Waals surface area contributed by atoms with Gasteiger partial charge in [-0.15, -0.1) is 0 Å². The Balaban J connectivity index is 2.32. The SMILES string of the molecule is CCC(C)(C)c1ccc(C(O)c2cccc(F)c2Cl)cc1. The van der Waals surface area contributed by atoms with E-state index in [4.69, 9.17) is 11.6 Å². The van der Waals surface area contributed by atoms with Gasteiger partial charge in [0.25, 0.3) is 0 Å². The molecule has 0 aliphatic rings. The third-order valence-corrected chi connectivity index (χ3v) is 4.57. The van der Waals surface area contributed by atoms with Crippen molar-refractivity contribution in [3.8, 4) is 0 Å². The van der Waals surface area contributed by atoms with Gasteiger partial charge in [0, 0.05) is 5.56 Å². The van der Waals surface area contributed by atoms with Crippen molar-refractivity contribution in [3.05, 3.63) is 70.0 Å². The molecule has 2 aromatic carbocycles. The fraction of sp³-hybridized carbons (Fsp3) is 0.333. The second-order valence-corrected chi connectivity index (χ2v) is 6.28. The van der Waals surface area contributed by atoms with E-state index in [-0.39, 0.29) is 10.4 Å². The van der Waals surface area contributed by atoms with E-state index in [1.54, 1.807) is 12.1 Å². The molecule has 3 heteroatoms. The molecule has 0 heterocycles. The normalized spacial score (nSPS) is 13.2. The third-order valence-electron chi connectivity index (χ3n) is 4.17. The lowest BCUT2D eigenvalue weighted by atomic mass is 9.81. The Bertz CT molecular complexity index is 620. The van der Waals surface area contributed by atoms with Crippen LogP contribution in [0, 0.1) is 5.82 Å². The molecule has 21 heavy (non-hydrogen) atoms. The lowest BCUT2D eigenvalue weighted by Crippen LogP contribution is -2.15. The van der Waals surface area contributed by atoms with Crippen molar-refractivity contribution in [1.82, 2.24) is 0 Å². The van der Waals surface area contributed by atoms with Crippen LogP contribution in [0.15, 0.2) is 42.5 Å². The number of benzene rings is 2. The van der Waals surface area contributed by atoms with Crippen LogP contribution in [0.25, 0.3) is 0 Å². The summed E-state index contributed by atoms with van der Waals surface area (Å²) in [6, 6.07) is 12.2. The summed E-state index contributed by atoms with van der Waals surface area (Å²) in [6.45, 7) is 6.51. The van der Waals surface area contributed by atoms with E-state index >= 15 is 0 Å². The summed E-state index contributed by atoms with van der Waals surface area (Å²) in [5.74, 6) is -0.517. The molecule has 0 amide bonds. The lowest BCUT2D eigenvalue weighted by Gasteiger charge is -2.24. The van der Waals surface area contributed by atoms with Crippen molar-refractivity contribution in [1.29, 1.82) is 0 Å². The van der Waals surface area contributed by atoms with Crippen LogP contribution in [-0.4, -0.2) is 5.11 Å². The Hall–Kier alpha value is -1.38. The van der Waals surface area contributed by atoms with Gasteiger partial charge in [-0.25, -0.2) is 4.39 Å². The summed E-state index contributed by atoms with van der Waals surface area (Å²) in [4.78, 5) is 0. The molecule has 0 aliphatic carbocycles. The minimum Gasteiger partial charge on any atom is -0.384 e. The predicted molar refractivity (Wildman–Crippen MR) is 85.2 cm³/mol. The quantitative estimate of drug-likeness (QED) is 0.818. The van der Waals surface area contributed by atoms with E-state index < -0.39 is 11.9 Å². The topological polar surface area (TPSA) is 20.2 Å². The molecule has 1 atom stereocenters. The first-order chi connectivity index (χ1) is 9.86. The van der Waals surface area contributed by atoms with Gasteiger partial charge in [-0.3, -0.25) is 0 Å². The van der Waals surface area contributed by atoms with Crippen molar-refractivity contribution in [2.75, 3.05) is 0 Å². The van der Waals surface area contributed by atoms with Gasteiger partial charge in [-0.05, 0) is 29.0 Å². The zero-order valence-electron chi connectivity index (χ0n) is 12.5. The van der Waals surface area contributed by atoms with Crippen LogP contribution in [0.4, 0.5) is 4.39 Å². The molecule has 1 N–H and O–H groups in total. The number of hydrogen-bond acceptors (Lipinski definition) is 1. The van der Waals surface area contributed by atoms with E-state index in [1.165, 1.54) is 11.6 Å². The minimum atomic E-state index is -0.924. The molecule has 0 spiro atoms. The highest BCUT2D eigenvalue weighted by molar-refractivity contribution is 6.31. The van der Waals surface area contributed by atoms with Crippen LogP contribution in [-0.2, 0) is 5.41 Å². The van der Waals surface area contributed by atoms with Gasteiger partial charge in [-0.1, -0.05) is 68.8 Å². The Morgan fingerprint density at radius 3 is 2.33 bits per heavy atom. The van der Waals surface area contributed by atoms with Crippen LogP contribution in [0.1, 0.15) is 50.0 Å². The van der Waals surface area contributed by atoms with Crippen molar-refractivity contribution in [2.24, 2.45) is 0 Å². The Labute approximate surface area is 130 Å². The van der Waals surface area contributed by atoms with Gasteiger partial charge in [-0.2, -0.15) is 0 Å². The summed E-state index contributed by atoms with van der Waals surface area (Å²) < 4.78 is 13.5.